The minimum atomic E-state index is -3.20. The molecule has 2 rings (SSSR count). The summed E-state index contributed by atoms with van der Waals surface area (Å²) in [4.78, 5) is 11.7. The van der Waals surface area contributed by atoms with Crippen LogP contribution in [0.5, 0.6) is 0 Å². The Labute approximate surface area is 98.0 Å². The van der Waals surface area contributed by atoms with Gasteiger partial charge in [-0.25, -0.2) is 8.78 Å². The second-order valence-corrected chi connectivity index (χ2v) is 4.58. The molecule has 1 amide bonds. The molecular formula is C12H14F2N2O. The molecule has 0 saturated carbocycles. The molecule has 1 aliphatic carbocycles. The van der Waals surface area contributed by atoms with E-state index >= 15 is 0 Å². The monoisotopic (exact) mass is 240 g/mol. The van der Waals surface area contributed by atoms with Crippen molar-refractivity contribution in [1.82, 2.24) is 5.32 Å². The fourth-order valence-electron chi connectivity index (χ4n) is 2.33. The number of rotatable bonds is 1. The molecule has 3 nitrogen and oxygen atoms in total. The van der Waals surface area contributed by atoms with Gasteiger partial charge in [-0.15, -0.1) is 0 Å². The van der Waals surface area contributed by atoms with Crippen LogP contribution >= 0.6 is 0 Å². The first-order valence-corrected chi connectivity index (χ1v) is 5.32. The lowest BCUT2D eigenvalue weighted by molar-refractivity contribution is -0.156. The highest BCUT2D eigenvalue weighted by molar-refractivity contribution is 5.85. The van der Waals surface area contributed by atoms with Gasteiger partial charge < -0.3 is 11.1 Å². The van der Waals surface area contributed by atoms with Gasteiger partial charge in [-0.1, -0.05) is 6.07 Å². The molecule has 0 spiro atoms. The summed E-state index contributed by atoms with van der Waals surface area (Å²) in [7, 11) is 1.36. The maximum absolute atomic E-state index is 14.3. The van der Waals surface area contributed by atoms with Crippen molar-refractivity contribution in [3.8, 4) is 0 Å². The van der Waals surface area contributed by atoms with Crippen molar-refractivity contribution < 1.29 is 13.6 Å². The minimum absolute atomic E-state index is 0.0231. The summed E-state index contributed by atoms with van der Waals surface area (Å²) in [6, 6.07) is 4.39. The summed E-state index contributed by atoms with van der Waals surface area (Å²) < 4.78 is 28.6. The Kier molecular flexibility index (Phi) is 2.38. The maximum Gasteiger partial charge on any atom is 0.287 e. The summed E-state index contributed by atoms with van der Waals surface area (Å²) in [6.07, 6.45) is 0.0231. The summed E-state index contributed by atoms with van der Waals surface area (Å²) in [6.45, 7) is 1.28. The quantitative estimate of drug-likeness (QED) is 0.734. The fourth-order valence-corrected chi connectivity index (χ4v) is 2.33. The molecule has 5 heteroatoms. The van der Waals surface area contributed by atoms with Crippen molar-refractivity contribution in [2.24, 2.45) is 5.41 Å². The molecule has 0 fully saturated rings. The van der Waals surface area contributed by atoms with Crippen LogP contribution in [0.2, 0.25) is 0 Å². The standard InChI is InChI=1S/C12H14F2N2O/c1-11(10(17)16-2)6-7-3-4-8(15)5-9(7)12(11,13)14/h3-5H,6,15H2,1-2H3,(H,16,17). The van der Waals surface area contributed by atoms with Gasteiger partial charge in [-0.05, 0) is 31.0 Å². The Morgan fingerprint density at radius 1 is 1.47 bits per heavy atom. The van der Waals surface area contributed by atoms with Gasteiger partial charge >= 0.3 is 0 Å². The average molecular weight is 240 g/mol. The molecule has 1 unspecified atom stereocenters. The van der Waals surface area contributed by atoms with Gasteiger partial charge in [0, 0.05) is 18.3 Å². The minimum Gasteiger partial charge on any atom is -0.399 e. The largest absolute Gasteiger partial charge is 0.399 e. The maximum atomic E-state index is 14.3. The number of hydrogen-bond acceptors (Lipinski definition) is 2. The van der Waals surface area contributed by atoms with Crippen molar-refractivity contribution >= 4 is 11.6 Å². The Balaban J connectivity index is 2.57. The van der Waals surface area contributed by atoms with Crippen LogP contribution in [0.3, 0.4) is 0 Å². The van der Waals surface area contributed by atoms with Gasteiger partial charge in [-0.3, -0.25) is 4.79 Å². The van der Waals surface area contributed by atoms with Gasteiger partial charge in [-0.2, -0.15) is 0 Å². The van der Waals surface area contributed by atoms with Crippen molar-refractivity contribution in [3.05, 3.63) is 29.3 Å². The SMILES string of the molecule is CNC(=O)C1(C)Cc2ccc(N)cc2C1(F)F. The highest BCUT2D eigenvalue weighted by Crippen LogP contribution is 2.54. The first-order chi connectivity index (χ1) is 7.83. The van der Waals surface area contributed by atoms with E-state index in [9.17, 15) is 13.6 Å². The molecule has 3 N–H and O–H groups in total. The van der Waals surface area contributed by atoms with Gasteiger partial charge in [0.25, 0.3) is 5.92 Å². The molecule has 1 aromatic carbocycles. The Bertz CT molecular complexity index is 487. The predicted octanol–water partition coefficient (Wildman–Crippen LogP) is 1.67. The number of hydrogen-bond donors (Lipinski definition) is 2. The van der Waals surface area contributed by atoms with E-state index in [-0.39, 0.29) is 17.7 Å². The summed E-state index contributed by atoms with van der Waals surface area (Å²) in [5.74, 6) is -3.85. The summed E-state index contributed by atoms with van der Waals surface area (Å²) in [5, 5.41) is 2.30. The molecule has 0 aromatic heterocycles. The predicted molar refractivity (Wildman–Crippen MR) is 60.6 cm³/mol. The molecule has 0 radical (unpaired) electrons. The molecule has 17 heavy (non-hydrogen) atoms. The van der Waals surface area contributed by atoms with E-state index in [1.54, 1.807) is 12.1 Å². The number of carbonyl (C=O) groups excluding carboxylic acids is 1. The lowest BCUT2D eigenvalue weighted by Gasteiger charge is -2.29. The molecule has 1 aromatic rings. The highest BCUT2D eigenvalue weighted by Gasteiger charge is 2.61. The summed E-state index contributed by atoms with van der Waals surface area (Å²) >= 11 is 0. The molecule has 0 aliphatic heterocycles. The molecule has 0 heterocycles. The van der Waals surface area contributed by atoms with Crippen LogP contribution in [-0.4, -0.2) is 13.0 Å². The number of carbonyl (C=O) groups is 1. The van der Waals surface area contributed by atoms with Crippen molar-refractivity contribution in [1.29, 1.82) is 0 Å². The Morgan fingerprint density at radius 3 is 2.71 bits per heavy atom. The third-order valence-electron chi connectivity index (χ3n) is 3.44. The molecule has 0 saturated heterocycles. The van der Waals surface area contributed by atoms with Crippen LogP contribution in [0.15, 0.2) is 18.2 Å². The zero-order valence-electron chi connectivity index (χ0n) is 9.68. The van der Waals surface area contributed by atoms with Crippen LogP contribution in [-0.2, 0) is 17.1 Å². The molecule has 1 atom stereocenters. The summed E-state index contributed by atoms with van der Waals surface area (Å²) in [5.41, 5.74) is 4.41. The zero-order chi connectivity index (χ0) is 12.8. The van der Waals surface area contributed by atoms with E-state index in [4.69, 9.17) is 5.73 Å². The number of amides is 1. The van der Waals surface area contributed by atoms with Gasteiger partial charge in [0.1, 0.15) is 5.41 Å². The van der Waals surface area contributed by atoms with Gasteiger partial charge in [0.2, 0.25) is 5.91 Å². The Hall–Kier alpha value is -1.65. The van der Waals surface area contributed by atoms with Gasteiger partial charge in [0.05, 0.1) is 0 Å². The van der Waals surface area contributed by atoms with E-state index in [0.717, 1.165) is 0 Å². The number of nitrogens with two attached hydrogens (primary N) is 1. The third-order valence-corrected chi connectivity index (χ3v) is 3.44. The molecule has 0 bridgehead atoms. The van der Waals surface area contributed by atoms with E-state index in [1.165, 1.54) is 20.0 Å². The zero-order valence-corrected chi connectivity index (χ0v) is 9.68. The first kappa shape index (κ1) is 11.8. The van der Waals surface area contributed by atoms with Crippen molar-refractivity contribution in [3.63, 3.8) is 0 Å². The number of alkyl halides is 2. The fraction of sp³-hybridized carbons (Fsp3) is 0.417. The van der Waals surface area contributed by atoms with E-state index in [0.29, 0.717) is 5.56 Å². The lowest BCUT2D eigenvalue weighted by atomic mass is 9.83. The lowest BCUT2D eigenvalue weighted by Crippen LogP contribution is -2.46. The first-order valence-electron chi connectivity index (χ1n) is 5.32. The number of nitrogen functional groups attached to an aromatic ring is 1. The van der Waals surface area contributed by atoms with Crippen LogP contribution in [0, 0.1) is 5.41 Å². The van der Waals surface area contributed by atoms with Crippen molar-refractivity contribution in [2.75, 3.05) is 12.8 Å². The second kappa shape index (κ2) is 3.42. The average Bonchev–Trinajstić information content (AvgIpc) is 2.48. The number of halogens is 2. The van der Waals surface area contributed by atoms with Crippen LogP contribution in [0.1, 0.15) is 18.1 Å². The van der Waals surface area contributed by atoms with Crippen LogP contribution < -0.4 is 11.1 Å². The van der Waals surface area contributed by atoms with E-state index < -0.39 is 17.2 Å². The molecule has 92 valence electrons. The highest BCUT2D eigenvalue weighted by atomic mass is 19.3. The number of benzene rings is 1. The number of anilines is 1. The van der Waals surface area contributed by atoms with E-state index in [1.807, 2.05) is 0 Å². The molecular weight excluding hydrogens is 226 g/mol. The third kappa shape index (κ3) is 1.41. The number of nitrogens with one attached hydrogen (secondary N) is 1. The Morgan fingerprint density at radius 2 is 2.12 bits per heavy atom. The number of fused-ring (bicyclic) bond motifs is 1. The van der Waals surface area contributed by atoms with E-state index in [2.05, 4.69) is 5.32 Å². The second-order valence-electron chi connectivity index (χ2n) is 4.58. The topological polar surface area (TPSA) is 55.1 Å². The van der Waals surface area contributed by atoms with Crippen molar-refractivity contribution in [2.45, 2.75) is 19.3 Å². The van der Waals surface area contributed by atoms with Gasteiger partial charge in [0.15, 0.2) is 0 Å². The van der Waals surface area contributed by atoms with Crippen LogP contribution in [0.4, 0.5) is 14.5 Å². The van der Waals surface area contributed by atoms with Crippen LogP contribution in [0.25, 0.3) is 0 Å². The smallest absolute Gasteiger partial charge is 0.287 e. The normalized spacial score (nSPS) is 25.4. The molecule has 1 aliphatic rings.